The second-order valence-electron chi connectivity index (χ2n) is 8.13. The summed E-state index contributed by atoms with van der Waals surface area (Å²) in [6.07, 6.45) is 5.00. The molecule has 1 aliphatic heterocycles. The van der Waals surface area contributed by atoms with Crippen LogP contribution in [0.4, 0.5) is 4.39 Å². The van der Waals surface area contributed by atoms with Gasteiger partial charge in [0.25, 0.3) is 0 Å². The molecule has 1 amide bonds. The number of nitrogens with two attached hydrogens (primary N) is 1. The predicted molar refractivity (Wildman–Crippen MR) is 110 cm³/mol. The fourth-order valence-corrected chi connectivity index (χ4v) is 4.17. The van der Waals surface area contributed by atoms with Gasteiger partial charge in [-0.1, -0.05) is 12.2 Å². The van der Waals surface area contributed by atoms with Gasteiger partial charge in [-0.15, -0.1) is 11.6 Å². The Morgan fingerprint density at radius 1 is 1.45 bits per heavy atom. The first kappa shape index (κ1) is 24.2. The van der Waals surface area contributed by atoms with Crippen molar-refractivity contribution in [3.8, 4) is 0 Å². The van der Waals surface area contributed by atoms with Gasteiger partial charge in [-0.2, -0.15) is 0 Å². The molecule has 0 aromatic rings. The van der Waals surface area contributed by atoms with Crippen LogP contribution < -0.4 is 16.4 Å². The minimum Gasteiger partial charge on any atom is -0.396 e. The van der Waals surface area contributed by atoms with Gasteiger partial charge in [0.15, 0.2) is 0 Å². The van der Waals surface area contributed by atoms with E-state index >= 15 is 0 Å². The Kier molecular flexibility index (Phi) is 9.06. The molecule has 1 unspecified atom stereocenters. The van der Waals surface area contributed by atoms with E-state index in [2.05, 4.69) is 10.6 Å². The first-order valence-corrected chi connectivity index (χ1v) is 10.6. The maximum Gasteiger partial charge on any atom is 0.237 e. The summed E-state index contributed by atoms with van der Waals surface area (Å²) in [6.45, 7) is 1.60. The van der Waals surface area contributed by atoms with Crippen LogP contribution in [0.5, 0.6) is 0 Å². The summed E-state index contributed by atoms with van der Waals surface area (Å²) in [5.41, 5.74) is 6.61. The van der Waals surface area contributed by atoms with Crippen molar-refractivity contribution in [1.29, 1.82) is 0 Å². The van der Waals surface area contributed by atoms with Crippen LogP contribution in [-0.4, -0.2) is 71.1 Å². The molecular formula is C20H33ClFN3O4. The second kappa shape index (κ2) is 10.8. The monoisotopic (exact) mass is 433 g/mol. The van der Waals surface area contributed by atoms with E-state index in [0.717, 1.165) is 12.8 Å². The SMILES string of the molecule is C/C=C\C(=C(\F)CCl)[C@@H]1C(N)[C@H](CC2(CO)CC2)N[C@H]1C(=O)NCC[C@H](O)CO. The van der Waals surface area contributed by atoms with Crippen LogP contribution in [0.2, 0.25) is 0 Å². The van der Waals surface area contributed by atoms with Gasteiger partial charge in [0.2, 0.25) is 5.91 Å². The summed E-state index contributed by atoms with van der Waals surface area (Å²) in [7, 11) is 0. The minimum atomic E-state index is -0.913. The first-order chi connectivity index (χ1) is 13.8. The number of carbonyl (C=O) groups excluding carboxylic acids is 1. The molecular weight excluding hydrogens is 401 g/mol. The summed E-state index contributed by atoms with van der Waals surface area (Å²) in [5.74, 6) is -1.81. The van der Waals surface area contributed by atoms with Gasteiger partial charge >= 0.3 is 0 Å². The normalized spacial score (nSPS) is 30.3. The minimum absolute atomic E-state index is 0.0616. The van der Waals surface area contributed by atoms with Crippen LogP contribution in [0.15, 0.2) is 23.6 Å². The molecule has 7 N–H and O–H groups in total. The summed E-state index contributed by atoms with van der Waals surface area (Å²) in [6, 6.07) is -1.55. The molecule has 1 aliphatic carbocycles. The molecule has 0 spiro atoms. The summed E-state index contributed by atoms with van der Waals surface area (Å²) >= 11 is 5.73. The molecule has 0 bridgehead atoms. The molecule has 1 heterocycles. The third-order valence-electron chi connectivity index (χ3n) is 5.98. The summed E-state index contributed by atoms with van der Waals surface area (Å²) in [5, 5.41) is 34.0. The molecule has 2 aliphatic rings. The standard InChI is InChI=1S/C20H33ClFN3O4/c1-2-3-13(14(22)9-21)16-17(23)15(8-20(11-27)5-6-20)25-18(16)19(29)24-7-4-12(28)10-26/h2-3,12,15-18,25-28H,4-11,23H2,1H3,(H,24,29)/b3-2-,14-13-/t12-,15-,16+,17?,18+/m0/s1. The van der Waals surface area contributed by atoms with Crippen LogP contribution in [0.3, 0.4) is 0 Å². The molecule has 5 atom stereocenters. The quantitative estimate of drug-likeness (QED) is 0.206. The topological polar surface area (TPSA) is 128 Å². The van der Waals surface area contributed by atoms with E-state index < -0.39 is 29.9 Å². The Balaban J connectivity index is 2.22. The smallest absolute Gasteiger partial charge is 0.237 e. The fourth-order valence-electron chi connectivity index (χ4n) is 4.01. The lowest BCUT2D eigenvalue weighted by Gasteiger charge is -2.25. The average Bonchev–Trinajstić information content (AvgIpc) is 3.43. The summed E-state index contributed by atoms with van der Waals surface area (Å²) in [4.78, 5) is 12.9. The molecule has 1 saturated heterocycles. The molecule has 2 fully saturated rings. The molecule has 29 heavy (non-hydrogen) atoms. The van der Waals surface area contributed by atoms with Gasteiger partial charge in [0.1, 0.15) is 5.83 Å². The molecule has 7 nitrogen and oxygen atoms in total. The molecule has 166 valence electrons. The Bertz CT molecular complexity index is 627. The van der Waals surface area contributed by atoms with Gasteiger partial charge in [-0.3, -0.25) is 4.79 Å². The van der Waals surface area contributed by atoms with Crippen molar-refractivity contribution in [2.45, 2.75) is 56.8 Å². The number of hydrogen-bond donors (Lipinski definition) is 6. The van der Waals surface area contributed by atoms with Crippen molar-refractivity contribution in [2.75, 3.05) is 25.6 Å². The van der Waals surface area contributed by atoms with Crippen molar-refractivity contribution in [1.82, 2.24) is 10.6 Å². The second-order valence-corrected chi connectivity index (χ2v) is 8.39. The Labute approximate surface area is 176 Å². The number of hydrogen-bond acceptors (Lipinski definition) is 6. The van der Waals surface area contributed by atoms with Crippen molar-refractivity contribution in [2.24, 2.45) is 17.1 Å². The van der Waals surface area contributed by atoms with E-state index in [4.69, 9.17) is 22.4 Å². The van der Waals surface area contributed by atoms with Crippen LogP contribution in [-0.2, 0) is 4.79 Å². The largest absolute Gasteiger partial charge is 0.396 e. The first-order valence-electron chi connectivity index (χ1n) is 10.1. The van der Waals surface area contributed by atoms with Crippen molar-refractivity contribution < 1.29 is 24.5 Å². The highest BCUT2D eigenvalue weighted by Gasteiger charge is 2.51. The van der Waals surface area contributed by atoms with Crippen LogP contribution in [0, 0.1) is 11.3 Å². The molecule has 2 rings (SSSR count). The number of alkyl halides is 1. The predicted octanol–water partition coefficient (Wildman–Crippen LogP) is 0.331. The molecule has 0 aromatic carbocycles. The van der Waals surface area contributed by atoms with Crippen LogP contribution >= 0.6 is 11.6 Å². The Morgan fingerprint density at radius 2 is 2.14 bits per heavy atom. The van der Waals surface area contributed by atoms with Gasteiger partial charge in [-0.05, 0) is 43.6 Å². The zero-order chi connectivity index (χ0) is 21.6. The third kappa shape index (κ3) is 5.99. The number of amides is 1. The average molecular weight is 434 g/mol. The fraction of sp³-hybridized carbons (Fsp3) is 0.750. The highest BCUT2D eigenvalue weighted by molar-refractivity contribution is 6.19. The Hall–Kier alpha value is -1.03. The number of allylic oxidation sites excluding steroid dienone is 3. The number of carbonyl (C=O) groups is 1. The number of aliphatic hydroxyl groups is 3. The molecule has 9 heteroatoms. The zero-order valence-corrected chi connectivity index (χ0v) is 17.5. The van der Waals surface area contributed by atoms with E-state index in [1.807, 2.05) is 0 Å². The van der Waals surface area contributed by atoms with Crippen molar-refractivity contribution in [3.05, 3.63) is 23.6 Å². The van der Waals surface area contributed by atoms with E-state index in [0.29, 0.717) is 12.0 Å². The highest BCUT2D eigenvalue weighted by Crippen LogP contribution is 2.50. The molecule has 1 saturated carbocycles. The van der Waals surface area contributed by atoms with Crippen molar-refractivity contribution in [3.63, 3.8) is 0 Å². The lowest BCUT2D eigenvalue weighted by molar-refractivity contribution is -0.123. The maximum absolute atomic E-state index is 14.6. The molecule has 0 radical (unpaired) electrons. The number of halogens is 2. The zero-order valence-electron chi connectivity index (χ0n) is 16.8. The van der Waals surface area contributed by atoms with Gasteiger partial charge in [-0.25, -0.2) is 4.39 Å². The number of aliphatic hydroxyl groups excluding tert-OH is 3. The number of nitrogens with one attached hydrogen (secondary N) is 2. The maximum atomic E-state index is 14.6. The van der Waals surface area contributed by atoms with Gasteiger partial charge in [0.05, 0.1) is 24.6 Å². The van der Waals surface area contributed by atoms with Gasteiger partial charge in [0, 0.05) is 31.2 Å². The molecule has 0 aromatic heterocycles. The van der Waals surface area contributed by atoms with Crippen molar-refractivity contribution >= 4 is 17.5 Å². The van der Waals surface area contributed by atoms with E-state index in [1.54, 1.807) is 19.1 Å². The summed E-state index contributed by atoms with van der Waals surface area (Å²) < 4.78 is 14.6. The van der Waals surface area contributed by atoms with Crippen LogP contribution in [0.25, 0.3) is 0 Å². The van der Waals surface area contributed by atoms with Gasteiger partial charge < -0.3 is 31.7 Å². The highest BCUT2D eigenvalue weighted by atomic mass is 35.5. The third-order valence-corrected chi connectivity index (χ3v) is 6.22. The Morgan fingerprint density at radius 3 is 2.66 bits per heavy atom. The van der Waals surface area contributed by atoms with E-state index in [1.165, 1.54) is 0 Å². The van der Waals surface area contributed by atoms with Crippen LogP contribution in [0.1, 0.15) is 32.6 Å². The lowest BCUT2D eigenvalue weighted by Crippen LogP contribution is -2.46. The number of rotatable bonds is 11. The van der Waals surface area contributed by atoms with E-state index in [9.17, 15) is 19.4 Å². The lowest BCUT2D eigenvalue weighted by atomic mass is 9.83. The van der Waals surface area contributed by atoms with E-state index in [-0.39, 0.29) is 49.4 Å².